The van der Waals surface area contributed by atoms with Crippen LogP contribution in [0.3, 0.4) is 0 Å². The molecule has 0 aromatic heterocycles. The van der Waals surface area contributed by atoms with Crippen LogP contribution in [0.4, 0.5) is 0 Å². The van der Waals surface area contributed by atoms with Crippen LogP contribution in [0.15, 0.2) is 59.5 Å². The number of thioether (sulfide) groups is 1. The van der Waals surface area contributed by atoms with Gasteiger partial charge in [0, 0.05) is 42.3 Å². The third-order valence-electron chi connectivity index (χ3n) is 4.43. The Morgan fingerprint density at radius 1 is 1.08 bits per heavy atom. The topological polar surface area (TPSA) is 49.4 Å². The van der Waals surface area contributed by atoms with Crippen molar-refractivity contribution in [2.24, 2.45) is 0 Å². The number of likely N-dealkylation sites (tertiary alicyclic amines) is 1. The highest BCUT2D eigenvalue weighted by atomic mass is 32.2. The summed E-state index contributed by atoms with van der Waals surface area (Å²) in [5.74, 6) is 1.07. The van der Waals surface area contributed by atoms with E-state index in [1.165, 1.54) is 10.5 Å². The number of carbonyl (C=O) groups is 2. The second-order valence-corrected chi connectivity index (χ2v) is 7.44. The summed E-state index contributed by atoms with van der Waals surface area (Å²) in [6.45, 7) is 2.18. The van der Waals surface area contributed by atoms with Gasteiger partial charge in [-0.15, -0.1) is 11.8 Å². The Morgan fingerprint density at radius 2 is 1.85 bits per heavy atom. The fraction of sp³-hybridized carbons (Fsp3) is 0.333. The van der Waals surface area contributed by atoms with Crippen LogP contribution in [0.25, 0.3) is 0 Å². The van der Waals surface area contributed by atoms with Crippen molar-refractivity contribution in [2.75, 3.05) is 19.6 Å². The van der Waals surface area contributed by atoms with Gasteiger partial charge in [-0.2, -0.15) is 0 Å². The molecule has 0 atom stereocenters. The van der Waals surface area contributed by atoms with Gasteiger partial charge in [0.1, 0.15) is 0 Å². The lowest BCUT2D eigenvalue weighted by atomic mass is 10.1. The second-order valence-electron chi connectivity index (χ2n) is 6.39. The van der Waals surface area contributed by atoms with Gasteiger partial charge >= 0.3 is 0 Å². The zero-order chi connectivity index (χ0) is 18.2. The largest absolute Gasteiger partial charge is 0.352 e. The molecule has 2 aromatic carbocycles. The molecule has 1 aliphatic heterocycles. The molecule has 0 spiro atoms. The molecule has 3 rings (SSSR count). The third-order valence-corrected chi connectivity index (χ3v) is 5.51. The molecule has 0 radical (unpaired) electrons. The van der Waals surface area contributed by atoms with E-state index >= 15 is 0 Å². The lowest BCUT2D eigenvalue weighted by Crippen LogP contribution is -2.30. The highest BCUT2D eigenvalue weighted by Gasteiger charge is 2.19. The highest BCUT2D eigenvalue weighted by molar-refractivity contribution is 7.98. The molecule has 4 nitrogen and oxygen atoms in total. The summed E-state index contributed by atoms with van der Waals surface area (Å²) in [6, 6.07) is 18.1. The quantitative estimate of drug-likeness (QED) is 0.571. The van der Waals surface area contributed by atoms with Gasteiger partial charge in [-0.05, 0) is 42.7 Å². The average Bonchev–Trinajstić information content (AvgIpc) is 3.09. The minimum Gasteiger partial charge on any atom is -0.352 e. The van der Waals surface area contributed by atoms with E-state index in [0.717, 1.165) is 31.7 Å². The van der Waals surface area contributed by atoms with Crippen molar-refractivity contribution in [3.05, 3.63) is 65.7 Å². The first-order chi connectivity index (χ1) is 12.7. The van der Waals surface area contributed by atoms with Crippen LogP contribution in [0, 0.1) is 0 Å². The van der Waals surface area contributed by atoms with Crippen LogP contribution in [0.1, 0.15) is 35.2 Å². The summed E-state index contributed by atoms with van der Waals surface area (Å²) < 4.78 is 0. The molecule has 136 valence electrons. The first kappa shape index (κ1) is 18.5. The fourth-order valence-corrected chi connectivity index (χ4v) is 3.83. The number of hydrogen-bond acceptors (Lipinski definition) is 3. The summed E-state index contributed by atoms with van der Waals surface area (Å²) >= 11 is 1.78. The zero-order valence-electron chi connectivity index (χ0n) is 14.8. The SMILES string of the molecule is O=C(NCCCN1CCCC1=O)c1ccc(CSc2ccccc2)cc1. The van der Waals surface area contributed by atoms with E-state index in [1.54, 1.807) is 11.8 Å². The van der Waals surface area contributed by atoms with Crippen LogP contribution in [-0.4, -0.2) is 36.3 Å². The molecule has 1 fully saturated rings. The Labute approximate surface area is 159 Å². The predicted octanol–water partition coefficient (Wildman–Crippen LogP) is 3.72. The van der Waals surface area contributed by atoms with Crippen LogP contribution < -0.4 is 5.32 Å². The number of rotatable bonds is 8. The van der Waals surface area contributed by atoms with E-state index < -0.39 is 0 Å². The second kappa shape index (κ2) is 9.43. The molecule has 5 heteroatoms. The summed E-state index contributed by atoms with van der Waals surface area (Å²) in [7, 11) is 0. The Bertz CT molecular complexity index is 731. The number of nitrogens with one attached hydrogen (secondary N) is 1. The van der Waals surface area contributed by atoms with Gasteiger partial charge < -0.3 is 10.2 Å². The molecule has 0 aliphatic carbocycles. The molecule has 2 amide bonds. The Hall–Kier alpha value is -2.27. The van der Waals surface area contributed by atoms with Crippen molar-refractivity contribution >= 4 is 23.6 Å². The Morgan fingerprint density at radius 3 is 2.54 bits per heavy atom. The average molecular weight is 369 g/mol. The lowest BCUT2D eigenvalue weighted by Gasteiger charge is -2.15. The van der Waals surface area contributed by atoms with E-state index in [-0.39, 0.29) is 11.8 Å². The minimum absolute atomic E-state index is 0.0555. The maximum Gasteiger partial charge on any atom is 0.251 e. The van der Waals surface area contributed by atoms with Gasteiger partial charge in [0.25, 0.3) is 5.91 Å². The first-order valence-corrected chi connectivity index (χ1v) is 10.0. The van der Waals surface area contributed by atoms with Gasteiger partial charge in [-0.25, -0.2) is 0 Å². The molecule has 0 unspecified atom stereocenters. The monoisotopic (exact) mass is 368 g/mol. The number of carbonyl (C=O) groups excluding carboxylic acids is 2. The molecular formula is C21H24N2O2S. The van der Waals surface area contributed by atoms with Gasteiger partial charge in [-0.1, -0.05) is 30.3 Å². The van der Waals surface area contributed by atoms with Crippen molar-refractivity contribution in [2.45, 2.75) is 29.9 Å². The molecule has 1 N–H and O–H groups in total. The zero-order valence-corrected chi connectivity index (χ0v) is 15.6. The van der Waals surface area contributed by atoms with Gasteiger partial charge in [0.2, 0.25) is 5.91 Å². The van der Waals surface area contributed by atoms with E-state index in [4.69, 9.17) is 0 Å². The normalized spacial score (nSPS) is 13.8. The molecular weight excluding hydrogens is 344 g/mol. The minimum atomic E-state index is -0.0555. The van der Waals surface area contributed by atoms with Crippen LogP contribution >= 0.6 is 11.8 Å². The Kier molecular flexibility index (Phi) is 6.72. The lowest BCUT2D eigenvalue weighted by molar-refractivity contribution is -0.127. The summed E-state index contributed by atoms with van der Waals surface area (Å²) in [5, 5.41) is 2.93. The maximum absolute atomic E-state index is 12.2. The van der Waals surface area contributed by atoms with E-state index in [9.17, 15) is 9.59 Å². The third kappa shape index (κ3) is 5.36. The van der Waals surface area contributed by atoms with E-state index in [2.05, 4.69) is 17.4 Å². The number of nitrogens with zero attached hydrogens (tertiary/aromatic N) is 1. The maximum atomic E-state index is 12.2. The van der Waals surface area contributed by atoms with E-state index in [1.807, 2.05) is 47.4 Å². The molecule has 0 bridgehead atoms. The van der Waals surface area contributed by atoms with Crippen LogP contribution in [-0.2, 0) is 10.5 Å². The smallest absolute Gasteiger partial charge is 0.251 e. The van der Waals surface area contributed by atoms with E-state index in [0.29, 0.717) is 18.5 Å². The van der Waals surface area contributed by atoms with Crippen LogP contribution in [0.5, 0.6) is 0 Å². The van der Waals surface area contributed by atoms with Crippen molar-refractivity contribution in [1.82, 2.24) is 10.2 Å². The van der Waals surface area contributed by atoms with Gasteiger partial charge in [0.15, 0.2) is 0 Å². The summed E-state index contributed by atoms with van der Waals surface area (Å²) in [5.41, 5.74) is 1.87. The van der Waals surface area contributed by atoms with Crippen molar-refractivity contribution in [3.63, 3.8) is 0 Å². The molecule has 1 saturated heterocycles. The number of benzene rings is 2. The molecule has 1 heterocycles. The van der Waals surface area contributed by atoms with Crippen molar-refractivity contribution < 1.29 is 9.59 Å². The molecule has 1 aliphatic rings. The standard InChI is InChI=1S/C21H24N2O2S/c24-20-8-4-14-23(20)15-5-13-22-21(25)18-11-9-17(10-12-18)16-26-19-6-2-1-3-7-19/h1-3,6-7,9-12H,4-5,8,13-16H2,(H,22,25). The van der Waals surface area contributed by atoms with Gasteiger partial charge in [0.05, 0.1) is 0 Å². The highest BCUT2D eigenvalue weighted by Crippen LogP contribution is 2.22. The van der Waals surface area contributed by atoms with Crippen molar-refractivity contribution in [3.8, 4) is 0 Å². The summed E-state index contributed by atoms with van der Waals surface area (Å²) in [6.07, 6.45) is 2.42. The predicted molar refractivity (Wildman–Crippen MR) is 105 cm³/mol. The van der Waals surface area contributed by atoms with Crippen molar-refractivity contribution in [1.29, 1.82) is 0 Å². The first-order valence-electron chi connectivity index (χ1n) is 9.05. The number of hydrogen-bond donors (Lipinski definition) is 1. The van der Waals surface area contributed by atoms with Crippen LogP contribution in [0.2, 0.25) is 0 Å². The summed E-state index contributed by atoms with van der Waals surface area (Å²) in [4.78, 5) is 26.9. The van der Waals surface area contributed by atoms with Gasteiger partial charge in [-0.3, -0.25) is 9.59 Å². The Balaban J connectivity index is 1.39. The number of amides is 2. The molecule has 0 saturated carbocycles. The molecule has 26 heavy (non-hydrogen) atoms. The fourth-order valence-electron chi connectivity index (χ4n) is 2.95. The molecule has 2 aromatic rings.